The van der Waals surface area contributed by atoms with Crippen molar-refractivity contribution in [2.75, 3.05) is 32.8 Å². The first-order valence-corrected chi connectivity index (χ1v) is 15.5. The molecule has 0 aliphatic carbocycles. The highest BCUT2D eigenvalue weighted by molar-refractivity contribution is 8.02. The minimum atomic E-state index is -0.708. The minimum Gasteiger partial charge on any atom is -0.396 e. The number of hydrogen-bond donors (Lipinski definition) is 1. The number of carbonyl (C=O) groups excluding carboxylic acids is 3. The number of carbonyl (C=O) groups is 3. The number of amides is 3. The van der Waals surface area contributed by atoms with Crippen LogP contribution in [-0.2, 0) is 21.1 Å². The lowest BCUT2D eigenvalue weighted by Crippen LogP contribution is -2.55. The average Bonchev–Trinajstić information content (AvgIpc) is 3.72. The number of rotatable bonds is 14. The van der Waals surface area contributed by atoms with Crippen molar-refractivity contribution >= 4 is 40.5 Å². The molecule has 3 fully saturated rings. The number of fused-ring (bicyclic) bond motifs is 2. The normalized spacial score (nSPS) is 26.4. The molecule has 41 heavy (non-hydrogen) atoms. The number of aromatic nitrogens is 3. The van der Waals surface area contributed by atoms with E-state index in [2.05, 4.69) is 23.5 Å². The van der Waals surface area contributed by atoms with E-state index in [1.807, 2.05) is 36.1 Å². The van der Waals surface area contributed by atoms with Gasteiger partial charge in [-0.05, 0) is 44.2 Å². The molecular formula is C30H40N6O4S. The van der Waals surface area contributed by atoms with Crippen LogP contribution in [0.4, 0.5) is 0 Å². The second kappa shape index (κ2) is 12.4. The summed E-state index contributed by atoms with van der Waals surface area (Å²) in [6.07, 6.45) is 6.84. The number of aliphatic hydroxyl groups is 1. The highest BCUT2D eigenvalue weighted by Gasteiger charge is 2.74. The number of thioether (sulfide) groups is 1. The number of hydrogen-bond acceptors (Lipinski definition) is 7. The van der Waals surface area contributed by atoms with E-state index in [9.17, 15) is 19.5 Å². The average molecular weight is 581 g/mol. The molecule has 1 spiro atoms. The van der Waals surface area contributed by atoms with Crippen LogP contribution in [0, 0.1) is 11.8 Å². The number of aliphatic hydroxyl groups excluding tert-OH is 1. The summed E-state index contributed by atoms with van der Waals surface area (Å²) in [7, 11) is 0. The minimum absolute atomic E-state index is 0.00243. The summed E-state index contributed by atoms with van der Waals surface area (Å²) < 4.78 is 1.02. The quantitative estimate of drug-likeness (QED) is 0.270. The zero-order chi connectivity index (χ0) is 29.1. The maximum Gasteiger partial charge on any atom is 0.248 e. The Morgan fingerprint density at radius 1 is 1.17 bits per heavy atom. The maximum absolute atomic E-state index is 14.6. The summed E-state index contributed by atoms with van der Waals surface area (Å²) in [6.45, 7) is 11.6. The molecule has 1 aromatic carbocycles. The third-order valence-electron chi connectivity index (χ3n) is 8.67. The Labute approximate surface area is 245 Å². The fourth-order valence-corrected chi connectivity index (χ4v) is 9.21. The van der Waals surface area contributed by atoms with E-state index >= 15 is 0 Å². The van der Waals surface area contributed by atoms with E-state index in [-0.39, 0.29) is 42.8 Å². The van der Waals surface area contributed by atoms with Gasteiger partial charge in [0.25, 0.3) is 0 Å². The molecule has 3 saturated heterocycles. The molecule has 3 aliphatic rings. The summed E-state index contributed by atoms with van der Waals surface area (Å²) in [5.74, 6) is -1.30. The Hall–Kier alpha value is -3.18. The second-order valence-electron chi connectivity index (χ2n) is 11.2. The van der Waals surface area contributed by atoms with Gasteiger partial charge in [-0.15, -0.1) is 30.0 Å². The predicted molar refractivity (Wildman–Crippen MR) is 159 cm³/mol. The Bertz CT molecular complexity index is 1310. The fourth-order valence-electron chi connectivity index (χ4n) is 7.01. The standard InChI is InChI=1S/C30H40N6O4S/c1-4-15-33(16-5-2)27(38)24-23-13-14-30(41-23)25(24)28(39)35(18-9-10-19-37)26(30)29(40)34(17-6-3)20-36-22-12-8-7-11-21(22)31-32-36/h4,6-8,11-12,23-26,37H,1,3,5,9-10,13-20H2,2H3/t23-,24+,25-,26?,30?/m0/s1. The van der Waals surface area contributed by atoms with Crippen LogP contribution >= 0.6 is 11.8 Å². The van der Waals surface area contributed by atoms with Crippen LogP contribution in [0.1, 0.15) is 39.0 Å². The van der Waals surface area contributed by atoms with Gasteiger partial charge in [-0.3, -0.25) is 14.4 Å². The van der Waals surface area contributed by atoms with Gasteiger partial charge in [-0.25, -0.2) is 4.68 Å². The van der Waals surface area contributed by atoms with Crippen molar-refractivity contribution in [1.29, 1.82) is 0 Å². The van der Waals surface area contributed by atoms with E-state index in [1.54, 1.807) is 38.4 Å². The number of para-hydroxylation sites is 1. The molecule has 2 unspecified atom stereocenters. The van der Waals surface area contributed by atoms with Crippen molar-refractivity contribution in [3.8, 4) is 0 Å². The van der Waals surface area contributed by atoms with Gasteiger partial charge in [0.2, 0.25) is 17.7 Å². The summed E-state index contributed by atoms with van der Waals surface area (Å²) >= 11 is 1.68. The maximum atomic E-state index is 14.6. The Morgan fingerprint density at radius 3 is 2.66 bits per heavy atom. The molecule has 2 aromatic rings. The zero-order valence-electron chi connectivity index (χ0n) is 23.7. The smallest absolute Gasteiger partial charge is 0.248 e. The molecule has 3 aliphatic heterocycles. The van der Waals surface area contributed by atoms with Crippen molar-refractivity contribution in [2.45, 2.75) is 61.7 Å². The van der Waals surface area contributed by atoms with Crippen molar-refractivity contribution in [3.63, 3.8) is 0 Å². The van der Waals surface area contributed by atoms with Gasteiger partial charge in [-0.2, -0.15) is 0 Å². The summed E-state index contributed by atoms with van der Waals surface area (Å²) in [4.78, 5) is 48.0. The van der Waals surface area contributed by atoms with Gasteiger partial charge in [0.05, 0.1) is 22.1 Å². The molecule has 11 heteroatoms. The molecule has 5 atom stereocenters. The van der Waals surface area contributed by atoms with Gasteiger partial charge < -0.3 is 19.8 Å². The number of nitrogens with zero attached hydrogens (tertiary/aromatic N) is 6. The lowest BCUT2D eigenvalue weighted by atomic mass is 9.70. The summed E-state index contributed by atoms with van der Waals surface area (Å²) in [5.41, 5.74) is 1.55. The van der Waals surface area contributed by atoms with Crippen molar-refractivity contribution in [3.05, 3.63) is 49.6 Å². The number of unbranched alkanes of at least 4 members (excludes halogenated alkanes) is 1. The van der Waals surface area contributed by atoms with Crippen LogP contribution in [0.3, 0.4) is 0 Å². The van der Waals surface area contributed by atoms with Crippen LogP contribution in [0.25, 0.3) is 11.0 Å². The predicted octanol–water partition coefficient (Wildman–Crippen LogP) is 2.69. The lowest BCUT2D eigenvalue weighted by Gasteiger charge is -2.37. The second-order valence-corrected chi connectivity index (χ2v) is 12.8. The molecular weight excluding hydrogens is 540 g/mol. The molecule has 1 N–H and O–H groups in total. The van der Waals surface area contributed by atoms with Crippen LogP contribution in [-0.4, -0.2) is 101 Å². The molecule has 4 heterocycles. The Morgan fingerprint density at radius 2 is 1.93 bits per heavy atom. The van der Waals surface area contributed by atoms with E-state index in [0.717, 1.165) is 23.9 Å². The monoisotopic (exact) mass is 580 g/mol. The first-order chi connectivity index (χ1) is 19.9. The Kier molecular flexibility index (Phi) is 8.84. The van der Waals surface area contributed by atoms with Crippen molar-refractivity contribution in [2.24, 2.45) is 11.8 Å². The summed E-state index contributed by atoms with van der Waals surface area (Å²) in [6, 6.07) is 6.88. The van der Waals surface area contributed by atoms with Gasteiger partial charge >= 0.3 is 0 Å². The molecule has 0 radical (unpaired) electrons. The van der Waals surface area contributed by atoms with Gasteiger partial charge in [0.1, 0.15) is 18.2 Å². The highest BCUT2D eigenvalue weighted by atomic mass is 32.2. The molecule has 10 nitrogen and oxygen atoms in total. The van der Waals surface area contributed by atoms with E-state index in [0.29, 0.717) is 38.9 Å². The third-order valence-corrected chi connectivity index (χ3v) is 10.6. The molecule has 3 amide bonds. The van der Waals surface area contributed by atoms with Gasteiger partial charge in [-0.1, -0.05) is 36.4 Å². The topological polar surface area (TPSA) is 112 Å². The molecule has 1 aromatic heterocycles. The van der Waals surface area contributed by atoms with Crippen LogP contribution in [0.2, 0.25) is 0 Å². The molecule has 5 rings (SSSR count). The Balaban J connectivity index is 1.50. The van der Waals surface area contributed by atoms with Gasteiger partial charge in [0, 0.05) is 38.0 Å². The first kappa shape index (κ1) is 29.3. The van der Waals surface area contributed by atoms with E-state index in [4.69, 9.17) is 0 Å². The SMILES string of the molecule is C=CCN(Cn1nnc2ccccc21)C(=O)C1N(CCCCO)C(=O)[C@@H]2[C@H](C(=O)N(CC=C)CCC)[C@@H]3CCC12S3. The number of likely N-dealkylation sites (tertiary alicyclic amines) is 1. The van der Waals surface area contributed by atoms with Crippen LogP contribution < -0.4 is 0 Å². The molecule has 2 bridgehead atoms. The lowest BCUT2D eigenvalue weighted by molar-refractivity contribution is -0.145. The van der Waals surface area contributed by atoms with E-state index < -0.39 is 22.6 Å². The first-order valence-electron chi connectivity index (χ1n) is 14.6. The fraction of sp³-hybridized carbons (Fsp3) is 0.567. The van der Waals surface area contributed by atoms with Crippen molar-refractivity contribution < 1.29 is 19.5 Å². The number of benzene rings is 1. The molecule has 0 saturated carbocycles. The van der Waals surface area contributed by atoms with Gasteiger partial charge in [0.15, 0.2) is 0 Å². The zero-order valence-corrected chi connectivity index (χ0v) is 24.5. The summed E-state index contributed by atoms with van der Waals surface area (Å²) in [5, 5.41) is 18.0. The third kappa shape index (κ3) is 5.07. The van der Waals surface area contributed by atoms with Crippen LogP contribution in [0.15, 0.2) is 49.6 Å². The molecule has 220 valence electrons. The largest absolute Gasteiger partial charge is 0.396 e. The van der Waals surface area contributed by atoms with E-state index in [1.165, 1.54) is 0 Å². The highest BCUT2D eigenvalue weighted by Crippen LogP contribution is 2.66. The van der Waals surface area contributed by atoms with Crippen molar-refractivity contribution in [1.82, 2.24) is 29.7 Å². The van der Waals surface area contributed by atoms with Crippen LogP contribution in [0.5, 0.6) is 0 Å².